The summed E-state index contributed by atoms with van der Waals surface area (Å²) in [6.45, 7) is 1.99. The molecule has 4 rings (SSSR count). The normalized spacial score (nSPS) is 11.2. The summed E-state index contributed by atoms with van der Waals surface area (Å²) >= 11 is 1.63. The SMILES string of the molecule is Cc1c(CC(=O)O)c2ccccn2c1Sc1cccc2cccnc12. The Morgan fingerprint density at radius 2 is 2.00 bits per heavy atom. The summed E-state index contributed by atoms with van der Waals surface area (Å²) in [7, 11) is 0. The van der Waals surface area contributed by atoms with Crippen molar-refractivity contribution in [2.45, 2.75) is 23.3 Å². The first kappa shape index (κ1) is 15.7. The van der Waals surface area contributed by atoms with Crippen molar-refractivity contribution in [2.75, 3.05) is 0 Å². The summed E-state index contributed by atoms with van der Waals surface area (Å²) in [4.78, 5) is 16.9. The van der Waals surface area contributed by atoms with E-state index >= 15 is 0 Å². The van der Waals surface area contributed by atoms with Crippen molar-refractivity contribution >= 4 is 34.2 Å². The van der Waals surface area contributed by atoms with E-state index in [1.54, 1.807) is 18.0 Å². The van der Waals surface area contributed by atoms with Crippen LogP contribution in [-0.4, -0.2) is 20.5 Å². The molecular formula is C20H16N2O2S. The van der Waals surface area contributed by atoms with Crippen molar-refractivity contribution in [1.82, 2.24) is 9.38 Å². The van der Waals surface area contributed by atoms with Crippen LogP contribution in [0.3, 0.4) is 0 Å². The number of rotatable bonds is 4. The maximum Gasteiger partial charge on any atom is 0.307 e. The average Bonchev–Trinajstić information content (AvgIpc) is 2.88. The zero-order valence-corrected chi connectivity index (χ0v) is 14.5. The fraction of sp³-hybridized carbons (Fsp3) is 0.100. The van der Waals surface area contributed by atoms with Gasteiger partial charge in [-0.05, 0) is 42.3 Å². The van der Waals surface area contributed by atoms with Crippen molar-refractivity contribution < 1.29 is 9.90 Å². The van der Waals surface area contributed by atoms with E-state index in [1.165, 1.54) is 0 Å². The van der Waals surface area contributed by atoms with Crippen LogP contribution in [0, 0.1) is 6.92 Å². The van der Waals surface area contributed by atoms with Crippen LogP contribution in [0.1, 0.15) is 11.1 Å². The highest BCUT2D eigenvalue weighted by atomic mass is 32.2. The fourth-order valence-electron chi connectivity index (χ4n) is 3.13. The van der Waals surface area contributed by atoms with Gasteiger partial charge in [0.2, 0.25) is 0 Å². The molecule has 1 aromatic carbocycles. The van der Waals surface area contributed by atoms with E-state index in [1.807, 2.05) is 55.6 Å². The Morgan fingerprint density at radius 1 is 1.16 bits per heavy atom. The minimum Gasteiger partial charge on any atom is -0.481 e. The van der Waals surface area contributed by atoms with Gasteiger partial charge in [0, 0.05) is 22.7 Å². The Labute approximate surface area is 149 Å². The standard InChI is InChI=1S/C20H16N2O2S/c1-13-15(12-18(23)24)16-8-2-3-11-22(16)20(13)25-17-9-4-6-14-7-5-10-21-19(14)17/h2-11H,12H2,1H3,(H,23,24). The molecule has 0 atom stereocenters. The lowest BCUT2D eigenvalue weighted by atomic mass is 10.1. The molecule has 0 unspecified atom stereocenters. The third kappa shape index (κ3) is 2.76. The molecule has 0 spiro atoms. The fourth-order valence-corrected chi connectivity index (χ4v) is 4.29. The van der Waals surface area contributed by atoms with Crippen molar-refractivity contribution in [3.63, 3.8) is 0 Å². The molecule has 0 saturated heterocycles. The number of pyridine rings is 2. The predicted molar refractivity (Wildman–Crippen MR) is 99.3 cm³/mol. The number of hydrogen-bond donors (Lipinski definition) is 1. The highest BCUT2D eigenvalue weighted by Gasteiger charge is 2.18. The van der Waals surface area contributed by atoms with Crippen LogP contribution in [0.5, 0.6) is 0 Å². The molecule has 1 N–H and O–H groups in total. The van der Waals surface area contributed by atoms with E-state index in [0.717, 1.165) is 37.5 Å². The van der Waals surface area contributed by atoms with E-state index in [2.05, 4.69) is 15.5 Å². The van der Waals surface area contributed by atoms with Gasteiger partial charge in [0.15, 0.2) is 0 Å². The summed E-state index contributed by atoms with van der Waals surface area (Å²) in [5, 5.41) is 11.4. The summed E-state index contributed by atoms with van der Waals surface area (Å²) < 4.78 is 2.07. The van der Waals surface area contributed by atoms with Gasteiger partial charge in [-0.2, -0.15) is 0 Å². The third-order valence-electron chi connectivity index (χ3n) is 4.29. The van der Waals surface area contributed by atoms with E-state index in [0.29, 0.717) is 0 Å². The topological polar surface area (TPSA) is 54.6 Å². The van der Waals surface area contributed by atoms with Crippen LogP contribution in [0.25, 0.3) is 16.4 Å². The van der Waals surface area contributed by atoms with Gasteiger partial charge < -0.3 is 9.51 Å². The van der Waals surface area contributed by atoms with Crippen LogP contribution in [0.2, 0.25) is 0 Å². The highest BCUT2D eigenvalue weighted by molar-refractivity contribution is 7.99. The van der Waals surface area contributed by atoms with Gasteiger partial charge in [-0.15, -0.1) is 0 Å². The lowest BCUT2D eigenvalue weighted by molar-refractivity contribution is -0.136. The number of carboxylic acids is 1. The number of hydrogen-bond acceptors (Lipinski definition) is 3. The first-order valence-electron chi connectivity index (χ1n) is 7.97. The van der Waals surface area contributed by atoms with Crippen molar-refractivity contribution in [3.05, 3.63) is 72.1 Å². The minimum absolute atomic E-state index is 0.0215. The molecule has 0 fully saturated rings. The van der Waals surface area contributed by atoms with Gasteiger partial charge >= 0.3 is 5.97 Å². The monoisotopic (exact) mass is 348 g/mol. The van der Waals surface area contributed by atoms with E-state index in [4.69, 9.17) is 0 Å². The smallest absolute Gasteiger partial charge is 0.307 e. The number of nitrogens with zero attached hydrogens (tertiary/aromatic N) is 2. The van der Waals surface area contributed by atoms with Crippen LogP contribution < -0.4 is 0 Å². The van der Waals surface area contributed by atoms with Crippen LogP contribution in [0.15, 0.2) is 70.8 Å². The quantitative estimate of drug-likeness (QED) is 0.587. The maximum atomic E-state index is 11.3. The molecule has 4 aromatic rings. The van der Waals surface area contributed by atoms with Gasteiger partial charge in [0.25, 0.3) is 0 Å². The Bertz CT molecular complexity index is 1100. The molecule has 3 aromatic heterocycles. The molecule has 5 heteroatoms. The van der Waals surface area contributed by atoms with Crippen molar-refractivity contribution in [2.24, 2.45) is 0 Å². The number of benzene rings is 1. The second-order valence-corrected chi connectivity index (χ2v) is 6.90. The predicted octanol–water partition coefficient (Wildman–Crippen LogP) is 4.57. The molecule has 3 heterocycles. The Morgan fingerprint density at radius 3 is 2.84 bits per heavy atom. The van der Waals surface area contributed by atoms with Crippen molar-refractivity contribution in [1.29, 1.82) is 0 Å². The zero-order chi connectivity index (χ0) is 17.4. The summed E-state index contributed by atoms with van der Waals surface area (Å²) in [5.74, 6) is -0.817. The number of aliphatic carboxylic acids is 1. The second-order valence-electron chi connectivity index (χ2n) is 5.87. The molecule has 0 bridgehead atoms. The minimum atomic E-state index is -0.817. The van der Waals surface area contributed by atoms with E-state index < -0.39 is 5.97 Å². The molecule has 0 radical (unpaired) electrons. The Balaban J connectivity index is 1.89. The Kier molecular flexibility index (Phi) is 3.93. The molecular weight excluding hydrogens is 332 g/mol. The molecule has 0 saturated carbocycles. The summed E-state index contributed by atoms with van der Waals surface area (Å²) in [6.07, 6.45) is 3.80. The first-order valence-corrected chi connectivity index (χ1v) is 8.78. The highest BCUT2D eigenvalue weighted by Crippen LogP contribution is 2.38. The first-order chi connectivity index (χ1) is 12.1. The second kappa shape index (κ2) is 6.26. The molecule has 0 aliphatic heterocycles. The number of carbonyl (C=O) groups is 1. The lowest BCUT2D eigenvalue weighted by Gasteiger charge is -2.07. The number of fused-ring (bicyclic) bond motifs is 2. The summed E-state index contributed by atoms with van der Waals surface area (Å²) in [6, 6.07) is 16.0. The zero-order valence-electron chi connectivity index (χ0n) is 13.6. The number of carboxylic acid groups (broad SMARTS) is 1. The van der Waals surface area contributed by atoms with E-state index in [-0.39, 0.29) is 6.42 Å². The van der Waals surface area contributed by atoms with Crippen LogP contribution in [-0.2, 0) is 11.2 Å². The molecule has 0 aliphatic carbocycles. The maximum absolute atomic E-state index is 11.3. The molecule has 0 aliphatic rings. The lowest BCUT2D eigenvalue weighted by Crippen LogP contribution is -2.00. The van der Waals surface area contributed by atoms with Crippen LogP contribution >= 0.6 is 11.8 Å². The van der Waals surface area contributed by atoms with Gasteiger partial charge in [0.05, 0.1) is 22.5 Å². The van der Waals surface area contributed by atoms with Gasteiger partial charge in [-0.25, -0.2) is 0 Å². The summed E-state index contributed by atoms with van der Waals surface area (Å²) in [5.41, 5.74) is 3.77. The molecule has 25 heavy (non-hydrogen) atoms. The molecule has 4 nitrogen and oxygen atoms in total. The van der Waals surface area contributed by atoms with Crippen LogP contribution in [0.4, 0.5) is 0 Å². The number of aromatic nitrogens is 2. The largest absolute Gasteiger partial charge is 0.481 e. The van der Waals surface area contributed by atoms with Crippen molar-refractivity contribution in [3.8, 4) is 0 Å². The Hall–Kier alpha value is -2.79. The molecule has 0 amide bonds. The van der Waals surface area contributed by atoms with Gasteiger partial charge in [-0.1, -0.05) is 36.0 Å². The van der Waals surface area contributed by atoms with E-state index in [9.17, 15) is 9.90 Å². The average molecular weight is 348 g/mol. The third-order valence-corrected chi connectivity index (χ3v) is 5.54. The van der Waals surface area contributed by atoms with Gasteiger partial charge in [-0.3, -0.25) is 9.78 Å². The number of para-hydroxylation sites is 1. The molecule has 124 valence electrons. The van der Waals surface area contributed by atoms with Gasteiger partial charge in [0.1, 0.15) is 0 Å².